The summed E-state index contributed by atoms with van der Waals surface area (Å²) >= 11 is 1.54. The van der Waals surface area contributed by atoms with Crippen molar-refractivity contribution in [1.29, 1.82) is 0 Å². The molecule has 0 radical (unpaired) electrons. The molecular weight excluding hydrogens is 280 g/mol. The molecule has 1 fully saturated rings. The van der Waals surface area contributed by atoms with Crippen LogP contribution in [-0.2, 0) is 10.0 Å². The molecule has 106 valence electrons. The maximum absolute atomic E-state index is 12.7. The molecule has 6 heteroatoms. The van der Waals surface area contributed by atoms with Gasteiger partial charge in [0.1, 0.15) is 0 Å². The van der Waals surface area contributed by atoms with Gasteiger partial charge in [0, 0.05) is 17.5 Å². The molecule has 0 saturated carbocycles. The van der Waals surface area contributed by atoms with E-state index in [0.717, 1.165) is 11.3 Å². The first kappa shape index (κ1) is 14.8. The van der Waals surface area contributed by atoms with E-state index >= 15 is 0 Å². The van der Waals surface area contributed by atoms with E-state index in [2.05, 4.69) is 0 Å². The molecule has 1 heterocycles. The Balaban J connectivity index is 2.32. The first-order valence-electron chi connectivity index (χ1n) is 6.35. The molecular formula is C13H20N2O2S2. The van der Waals surface area contributed by atoms with Gasteiger partial charge in [-0.25, -0.2) is 8.42 Å². The van der Waals surface area contributed by atoms with Crippen LogP contribution in [0.2, 0.25) is 0 Å². The fourth-order valence-corrected chi connectivity index (χ4v) is 4.81. The van der Waals surface area contributed by atoms with Gasteiger partial charge in [0.2, 0.25) is 10.0 Å². The van der Waals surface area contributed by atoms with Crippen LogP contribution in [0.25, 0.3) is 0 Å². The van der Waals surface area contributed by atoms with Gasteiger partial charge in [0.25, 0.3) is 0 Å². The Morgan fingerprint density at radius 1 is 1.47 bits per heavy atom. The van der Waals surface area contributed by atoms with E-state index in [1.54, 1.807) is 34.3 Å². The van der Waals surface area contributed by atoms with E-state index in [1.165, 1.54) is 0 Å². The van der Waals surface area contributed by atoms with Crippen LogP contribution in [0.1, 0.15) is 13.3 Å². The predicted octanol–water partition coefficient (Wildman–Crippen LogP) is 1.77. The minimum Gasteiger partial charge on any atom is -0.330 e. The van der Waals surface area contributed by atoms with Crippen LogP contribution in [0, 0.1) is 5.92 Å². The highest BCUT2D eigenvalue weighted by molar-refractivity contribution is 7.98. The monoisotopic (exact) mass is 300 g/mol. The summed E-state index contributed by atoms with van der Waals surface area (Å²) in [7, 11) is -3.40. The summed E-state index contributed by atoms with van der Waals surface area (Å²) < 4.78 is 26.9. The molecule has 1 aliphatic rings. The molecule has 1 aromatic rings. The van der Waals surface area contributed by atoms with Crippen molar-refractivity contribution < 1.29 is 8.42 Å². The Bertz CT molecular complexity index is 545. The normalized spacial score (nSPS) is 24.8. The van der Waals surface area contributed by atoms with Crippen molar-refractivity contribution >= 4 is 21.8 Å². The Hall–Kier alpha value is -0.560. The minimum atomic E-state index is -3.40. The van der Waals surface area contributed by atoms with Crippen molar-refractivity contribution in [3.8, 4) is 0 Å². The second-order valence-corrected chi connectivity index (χ2v) is 7.71. The van der Waals surface area contributed by atoms with Gasteiger partial charge in [0.15, 0.2) is 0 Å². The summed E-state index contributed by atoms with van der Waals surface area (Å²) in [6, 6.07) is 7.14. The maximum Gasteiger partial charge on any atom is 0.243 e. The molecule has 0 spiro atoms. The number of sulfonamides is 1. The van der Waals surface area contributed by atoms with Crippen LogP contribution in [0.3, 0.4) is 0 Å². The highest BCUT2D eigenvalue weighted by Crippen LogP contribution is 2.30. The third-order valence-electron chi connectivity index (χ3n) is 3.59. The SMILES string of the molecule is CSc1cccc(S(=O)(=O)N2CC(CN)CC2C)c1. The Labute approximate surface area is 119 Å². The lowest BCUT2D eigenvalue weighted by atomic mass is 10.1. The lowest BCUT2D eigenvalue weighted by molar-refractivity contribution is 0.404. The molecule has 1 aromatic carbocycles. The quantitative estimate of drug-likeness (QED) is 0.861. The van der Waals surface area contributed by atoms with Gasteiger partial charge in [-0.2, -0.15) is 4.31 Å². The van der Waals surface area contributed by atoms with E-state index in [1.807, 2.05) is 19.2 Å². The Morgan fingerprint density at radius 2 is 2.21 bits per heavy atom. The molecule has 0 aromatic heterocycles. The topological polar surface area (TPSA) is 63.4 Å². The molecule has 19 heavy (non-hydrogen) atoms. The van der Waals surface area contributed by atoms with Gasteiger partial charge in [-0.05, 0) is 50.3 Å². The van der Waals surface area contributed by atoms with E-state index in [0.29, 0.717) is 18.0 Å². The van der Waals surface area contributed by atoms with E-state index in [4.69, 9.17) is 5.73 Å². The fourth-order valence-electron chi connectivity index (χ4n) is 2.51. The van der Waals surface area contributed by atoms with E-state index in [-0.39, 0.29) is 12.0 Å². The summed E-state index contributed by atoms with van der Waals surface area (Å²) in [4.78, 5) is 1.34. The van der Waals surface area contributed by atoms with Crippen LogP contribution in [0.15, 0.2) is 34.1 Å². The zero-order valence-corrected chi connectivity index (χ0v) is 12.9. The second-order valence-electron chi connectivity index (χ2n) is 4.94. The molecule has 1 aliphatic heterocycles. The van der Waals surface area contributed by atoms with Crippen LogP contribution in [-0.4, -0.2) is 38.1 Å². The van der Waals surface area contributed by atoms with Crippen LogP contribution in [0.4, 0.5) is 0 Å². The highest BCUT2D eigenvalue weighted by Gasteiger charge is 2.37. The first-order chi connectivity index (χ1) is 8.98. The van der Waals surface area contributed by atoms with Gasteiger partial charge >= 0.3 is 0 Å². The lowest BCUT2D eigenvalue weighted by Gasteiger charge is -2.21. The number of rotatable bonds is 4. The van der Waals surface area contributed by atoms with E-state index in [9.17, 15) is 8.42 Å². The maximum atomic E-state index is 12.7. The first-order valence-corrected chi connectivity index (χ1v) is 9.01. The number of nitrogens with two attached hydrogens (primary N) is 1. The van der Waals surface area contributed by atoms with Gasteiger partial charge in [0.05, 0.1) is 4.90 Å². The number of hydrogen-bond acceptors (Lipinski definition) is 4. The van der Waals surface area contributed by atoms with Crippen molar-refractivity contribution in [3.63, 3.8) is 0 Å². The summed E-state index contributed by atoms with van der Waals surface area (Å²) in [5, 5.41) is 0. The van der Waals surface area contributed by atoms with Crippen molar-refractivity contribution in [3.05, 3.63) is 24.3 Å². The average Bonchev–Trinajstić information content (AvgIpc) is 2.81. The van der Waals surface area contributed by atoms with Crippen LogP contribution in [0.5, 0.6) is 0 Å². The molecule has 2 unspecified atom stereocenters. The molecule has 4 nitrogen and oxygen atoms in total. The molecule has 0 aliphatic carbocycles. The van der Waals surface area contributed by atoms with E-state index < -0.39 is 10.0 Å². The smallest absolute Gasteiger partial charge is 0.243 e. The second kappa shape index (κ2) is 5.83. The molecule has 1 saturated heterocycles. The fraction of sp³-hybridized carbons (Fsp3) is 0.538. The summed E-state index contributed by atoms with van der Waals surface area (Å²) in [6.45, 7) is 3.02. The van der Waals surface area contributed by atoms with Gasteiger partial charge in [-0.1, -0.05) is 6.07 Å². The summed E-state index contributed by atoms with van der Waals surface area (Å²) in [6.07, 6.45) is 2.78. The van der Waals surface area contributed by atoms with Crippen molar-refractivity contribution in [2.75, 3.05) is 19.3 Å². The molecule has 2 atom stereocenters. The van der Waals surface area contributed by atoms with Gasteiger partial charge in [-0.3, -0.25) is 0 Å². The highest BCUT2D eigenvalue weighted by atomic mass is 32.2. The number of thioether (sulfide) groups is 1. The predicted molar refractivity (Wildman–Crippen MR) is 78.7 cm³/mol. The average molecular weight is 300 g/mol. The zero-order chi connectivity index (χ0) is 14.0. The van der Waals surface area contributed by atoms with Crippen molar-refractivity contribution in [2.24, 2.45) is 11.7 Å². The zero-order valence-electron chi connectivity index (χ0n) is 11.2. The van der Waals surface area contributed by atoms with Gasteiger partial charge in [-0.15, -0.1) is 11.8 Å². The van der Waals surface area contributed by atoms with Crippen molar-refractivity contribution in [1.82, 2.24) is 4.31 Å². The molecule has 2 rings (SSSR count). The van der Waals surface area contributed by atoms with Crippen LogP contribution < -0.4 is 5.73 Å². The number of hydrogen-bond donors (Lipinski definition) is 1. The Morgan fingerprint density at radius 3 is 2.79 bits per heavy atom. The Kier molecular flexibility index (Phi) is 4.55. The molecule has 0 amide bonds. The lowest BCUT2D eigenvalue weighted by Crippen LogP contribution is -2.34. The summed E-state index contributed by atoms with van der Waals surface area (Å²) in [5.74, 6) is 0.272. The van der Waals surface area contributed by atoms with Crippen molar-refractivity contribution in [2.45, 2.75) is 29.2 Å². The van der Waals surface area contributed by atoms with Gasteiger partial charge < -0.3 is 5.73 Å². The third kappa shape index (κ3) is 2.97. The van der Waals surface area contributed by atoms with Crippen LogP contribution >= 0.6 is 11.8 Å². The minimum absolute atomic E-state index is 0.0245. The number of nitrogens with zero attached hydrogens (tertiary/aromatic N) is 1. The summed E-state index contributed by atoms with van der Waals surface area (Å²) in [5.41, 5.74) is 5.66. The molecule has 0 bridgehead atoms. The largest absolute Gasteiger partial charge is 0.330 e. The molecule has 2 N–H and O–H groups in total. The standard InChI is InChI=1S/C13H20N2O2S2/c1-10-6-11(8-14)9-15(10)19(16,17)13-5-3-4-12(7-13)18-2/h3-5,7,10-11H,6,8-9,14H2,1-2H3. The number of benzene rings is 1. The third-order valence-corrected chi connectivity index (χ3v) is 6.29.